The van der Waals surface area contributed by atoms with Crippen molar-refractivity contribution in [3.8, 4) is 0 Å². The highest BCUT2D eigenvalue weighted by Gasteiger charge is 2.12. The molecule has 96 valence electrons. The highest BCUT2D eigenvalue weighted by atomic mass is 79.9. The van der Waals surface area contributed by atoms with Gasteiger partial charge in [0.15, 0.2) is 4.47 Å². The molecule has 0 saturated heterocycles. The lowest BCUT2D eigenvalue weighted by Gasteiger charge is -2.12. The Bertz CT molecular complexity index is 589. The number of thiazole rings is 1. The van der Waals surface area contributed by atoms with Gasteiger partial charge in [-0.1, -0.05) is 23.2 Å². The lowest BCUT2D eigenvalue weighted by Crippen LogP contribution is -2.01. The Balaban J connectivity index is 2.22. The molecule has 0 aliphatic rings. The lowest BCUT2D eigenvalue weighted by molar-refractivity contribution is 0.617. The third kappa shape index (κ3) is 2.96. The third-order valence-corrected chi connectivity index (χ3v) is 4.77. The highest BCUT2D eigenvalue weighted by Crippen LogP contribution is 2.35. The van der Waals surface area contributed by atoms with Crippen molar-refractivity contribution in [2.24, 2.45) is 0 Å². The van der Waals surface area contributed by atoms with Gasteiger partial charge in [0.2, 0.25) is 0 Å². The molecule has 0 fully saturated rings. The summed E-state index contributed by atoms with van der Waals surface area (Å²) in [5, 5.41) is 3.48. The molecule has 0 unspecified atom stereocenters. The summed E-state index contributed by atoms with van der Waals surface area (Å²) in [4.78, 5) is 4.92. The van der Waals surface area contributed by atoms with E-state index in [1.54, 1.807) is 13.1 Å². The zero-order chi connectivity index (χ0) is 13.3. The Hall–Kier alpha value is -0.360. The van der Waals surface area contributed by atoms with Crippen LogP contribution in [0.5, 0.6) is 0 Å². The van der Waals surface area contributed by atoms with Crippen molar-refractivity contribution in [3.63, 3.8) is 0 Å². The second-order valence-corrected chi connectivity index (χ2v) is 6.48. The van der Waals surface area contributed by atoms with Gasteiger partial charge in [0, 0.05) is 21.1 Å². The summed E-state index contributed by atoms with van der Waals surface area (Å²) in [6, 6.07) is 1.30. The molecule has 2 rings (SSSR count). The van der Waals surface area contributed by atoms with E-state index < -0.39 is 0 Å². The summed E-state index contributed by atoms with van der Waals surface area (Å²) in [7, 11) is 0. The van der Waals surface area contributed by atoms with Gasteiger partial charge >= 0.3 is 0 Å². The SMILES string of the molecule is Cc1c(F)cc(Cl)c(NCc2cnc(Cl)s2)c1Br. The maximum Gasteiger partial charge on any atom is 0.183 e. The summed E-state index contributed by atoms with van der Waals surface area (Å²) in [6.45, 7) is 2.22. The van der Waals surface area contributed by atoms with Crippen LogP contribution in [0.25, 0.3) is 0 Å². The van der Waals surface area contributed by atoms with Crippen LogP contribution in [0, 0.1) is 12.7 Å². The Labute approximate surface area is 126 Å². The van der Waals surface area contributed by atoms with Crippen molar-refractivity contribution in [3.05, 3.63) is 42.5 Å². The van der Waals surface area contributed by atoms with E-state index in [-0.39, 0.29) is 5.82 Å². The summed E-state index contributed by atoms with van der Waals surface area (Å²) >= 11 is 16.5. The van der Waals surface area contributed by atoms with E-state index in [4.69, 9.17) is 23.2 Å². The molecule has 1 N–H and O–H groups in total. The summed E-state index contributed by atoms with van der Waals surface area (Å²) in [6.07, 6.45) is 1.69. The van der Waals surface area contributed by atoms with E-state index in [1.807, 2.05) is 0 Å². The maximum absolute atomic E-state index is 13.4. The Morgan fingerprint density at radius 2 is 2.22 bits per heavy atom. The van der Waals surface area contributed by atoms with E-state index in [9.17, 15) is 4.39 Å². The molecule has 0 amide bonds. The van der Waals surface area contributed by atoms with Crippen molar-refractivity contribution >= 4 is 56.2 Å². The van der Waals surface area contributed by atoms with E-state index in [0.29, 0.717) is 31.8 Å². The number of halogens is 4. The molecule has 1 aromatic carbocycles. The monoisotopic (exact) mass is 368 g/mol. The molecule has 0 saturated carbocycles. The summed E-state index contributed by atoms with van der Waals surface area (Å²) in [5.74, 6) is -0.335. The highest BCUT2D eigenvalue weighted by molar-refractivity contribution is 9.10. The van der Waals surface area contributed by atoms with Gasteiger partial charge in [-0.25, -0.2) is 9.37 Å². The second kappa shape index (κ2) is 5.74. The number of hydrogen-bond acceptors (Lipinski definition) is 3. The molecule has 2 nitrogen and oxygen atoms in total. The fourth-order valence-electron chi connectivity index (χ4n) is 1.39. The second-order valence-electron chi connectivity index (χ2n) is 3.59. The van der Waals surface area contributed by atoms with Crippen molar-refractivity contribution in [1.82, 2.24) is 4.98 Å². The Kier molecular flexibility index (Phi) is 4.48. The van der Waals surface area contributed by atoms with Crippen molar-refractivity contribution < 1.29 is 4.39 Å². The first kappa shape index (κ1) is 14.1. The minimum atomic E-state index is -0.335. The van der Waals surface area contributed by atoms with Crippen LogP contribution in [-0.2, 0) is 6.54 Å². The topological polar surface area (TPSA) is 24.9 Å². The standard InChI is InChI=1S/C11H8BrCl2FN2S/c1-5-8(15)2-7(13)10(9(5)12)16-3-6-4-17-11(14)18-6/h2,4,16H,3H2,1H3. The zero-order valence-electron chi connectivity index (χ0n) is 9.23. The predicted molar refractivity (Wildman–Crippen MR) is 78.3 cm³/mol. The molecule has 18 heavy (non-hydrogen) atoms. The molecule has 1 aromatic heterocycles. The van der Waals surface area contributed by atoms with Gasteiger partial charge in [0.25, 0.3) is 0 Å². The van der Waals surface area contributed by atoms with Crippen molar-refractivity contribution in [2.45, 2.75) is 13.5 Å². The maximum atomic E-state index is 13.4. The van der Waals surface area contributed by atoms with Gasteiger partial charge in [-0.2, -0.15) is 0 Å². The van der Waals surface area contributed by atoms with Crippen LogP contribution in [0.3, 0.4) is 0 Å². The van der Waals surface area contributed by atoms with Gasteiger partial charge in [0.1, 0.15) is 5.82 Å². The van der Waals surface area contributed by atoms with Crippen LogP contribution < -0.4 is 5.32 Å². The average molecular weight is 370 g/mol. The van der Waals surface area contributed by atoms with E-state index in [1.165, 1.54) is 17.4 Å². The van der Waals surface area contributed by atoms with Gasteiger partial charge in [0.05, 0.1) is 17.3 Å². The van der Waals surface area contributed by atoms with Gasteiger partial charge < -0.3 is 5.32 Å². The number of nitrogens with zero attached hydrogens (tertiary/aromatic N) is 1. The fraction of sp³-hybridized carbons (Fsp3) is 0.182. The Morgan fingerprint density at radius 1 is 1.50 bits per heavy atom. The van der Waals surface area contributed by atoms with Crippen molar-refractivity contribution in [1.29, 1.82) is 0 Å². The molecule has 2 aromatic rings. The molecular formula is C11H8BrCl2FN2S. The van der Waals surface area contributed by atoms with Crippen LogP contribution >= 0.6 is 50.5 Å². The normalized spacial score (nSPS) is 10.7. The molecule has 0 spiro atoms. The number of nitrogens with one attached hydrogen (secondary N) is 1. The van der Waals surface area contributed by atoms with Crippen LogP contribution in [0.4, 0.5) is 10.1 Å². The van der Waals surface area contributed by atoms with E-state index in [2.05, 4.69) is 26.2 Å². The van der Waals surface area contributed by atoms with E-state index in [0.717, 1.165) is 4.88 Å². The summed E-state index contributed by atoms with van der Waals surface area (Å²) in [5.41, 5.74) is 1.18. The fourth-order valence-corrected chi connectivity index (χ4v) is 3.22. The quantitative estimate of drug-likeness (QED) is 0.796. The molecule has 0 atom stereocenters. The third-order valence-electron chi connectivity index (χ3n) is 2.36. The largest absolute Gasteiger partial charge is 0.378 e. The number of benzene rings is 1. The van der Waals surface area contributed by atoms with Crippen LogP contribution in [0.2, 0.25) is 9.49 Å². The lowest BCUT2D eigenvalue weighted by atomic mass is 10.2. The molecular weight excluding hydrogens is 362 g/mol. The minimum absolute atomic E-state index is 0.334. The van der Waals surface area contributed by atoms with Gasteiger partial charge in [-0.3, -0.25) is 0 Å². The first-order valence-corrected chi connectivity index (χ1v) is 7.33. The average Bonchev–Trinajstić information content (AvgIpc) is 2.72. The van der Waals surface area contributed by atoms with Crippen LogP contribution in [0.15, 0.2) is 16.7 Å². The number of anilines is 1. The van der Waals surface area contributed by atoms with E-state index >= 15 is 0 Å². The van der Waals surface area contributed by atoms with Crippen LogP contribution in [0.1, 0.15) is 10.4 Å². The summed E-state index contributed by atoms with van der Waals surface area (Å²) < 4.78 is 14.5. The number of hydrogen-bond donors (Lipinski definition) is 1. The molecule has 0 radical (unpaired) electrons. The van der Waals surface area contributed by atoms with Crippen molar-refractivity contribution in [2.75, 3.05) is 5.32 Å². The molecule has 1 heterocycles. The first-order valence-electron chi connectivity index (χ1n) is 4.97. The minimum Gasteiger partial charge on any atom is -0.378 e. The first-order chi connectivity index (χ1) is 8.49. The van der Waals surface area contributed by atoms with Crippen LogP contribution in [-0.4, -0.2) is 4.98 Å². The molecule has 7 heteroatoms. The smallest absolute Gasteiger partial charge is 0.183 e. The van der Waals surface area contributed by atoms with Gasteiger partial charge in [-0.15, -0.1) is 11.3 Å². The molecule has 0 bridgehead atoms. The predicted octanol–water partition coefficient (Wildman–Crippen LogP) is 5.27. The molecule has 0 aliphatic carbocycles. The zero-order valence-corrected chi connectivity index (χ0v) is 13.1. The number of rotatable bonds is 3. The van der Waals surface area contributed by atoms with Gasteiger partial charge in [-0.05, 0) is 28.9 Å². The molecule has 0 aliphatic heterocycles. The number of aromatic nitrogens is 1. The Morgan fingerprint density at radius 3 is 2.83 bits per heavy atom.